The molecule has 4 heteroatoms. The van der Waals surface area contributed by atoms with Crippen LogP contribution in [0, 0.1) is 5.92 Å². The van der Waals surface area contributed by atoms with Crippen molar-refractivity contribution >= 4 is 0 Å². The van der Waals surface area contributed by atoms with Gasteiger partial charge in [0.15, 0.2) is 6.29 Å². The molecule has 1 saturated carbocycles. The van der Waals surface area contributed by atoms with Gasteiger partial charge in [0.1, 0.15) is 0 Å². The van der Waals surface area contributed by atoms with E-state index in [1.807, 2.05) is 0 Å². The van der Waals surface area contributed by atoms with Crippen LogP contribution in [-0.2, 0) is 0 Å². The maximum atomic E-state index is 11.7. The second-order valence-electron chi connectivity index (χ2n) is 1.99. The van der Waals surface area contributed by atoms with Crippen LogP contribution < -0.4 is 0 Å². The Hall–Kier alpha value is -0.220. The van der Waals surface area contributed by atoms with Crippen LogP contribution in [0.25, 0.3) is 0 Å². The number of hydrogen-bond donors (Lipinski definition) is 2. The molecule has 1 rings (SSSR count). The van der Waals surface area contributed by atoms with Crippen molar-refractivity contribution in [2.75, 3.05) is 0 Å². The summed E-state index contributed by atoms with van der Waals surface area (Å²) in [6, 6.07) is 0. The molecule has 1 atom stereocenters. The van der Waals surface area contributed by atoms with Crippen molar-refractivity contribution < 1.29 is 19.0 Å². The summed E-state index contributed by atoms with van der Waals surface area (Å²) in [6.45, 7) is 0. The molecule has 1 fully saturated rings. The molecule has 2 nitrogen and oxygen atoms in total. The Morgan fingerprint density at radius 3 is 1.88 bits per heavy atom. The lowest BCUT2D eigenvalue weighted by Crippen LogP contribution is -2.12. The van der Waals surface area contributed by atoms with Crippen molar-refractivity contribution in [1.82, 2.24) is 0 Å². The molecule has 0 bridgehead atoms. The Labute approximate surface area is 44.7 Å². The van der Waals surface area contributed by atoms with Crippen LogP contribution in [-0.4, -0.2) is 22.4 Å². The number of alkyl halides is 2. The van der Waals surface area contributed by atoms with E-state index in [2.05, 4.69) is 0 Å². The van der Waals surface area contributed by atoms with Gasteiger partial charge in [-0.3, -0.25) is 0 Å². The molecule has 1 unspecified atom stereocenters. The third-order valence-electron chi connectivity index (χ3n) is 1.23. The largest absolute Gasteiger partial charge is 0.368 e. The molecule has 0 radical (unpaired) electrons. The maximum Gasteiger partial charge on any atom is 0.256 e. The van der Waals surface area contributed by atoms with E-state index in [0.717, 1.165) is 0 Å². The van der Waals surface area contributed by atoms with E-state index in [0.29, 0.717) is 0 Å². The van der Waals surface area contributed by atoms with Crippen molar-refractivity contribution in [3.8, 4) is 0 Å². The molecule has 0 heterocycles. The number of halogens is 2. The molecule has 0 spiro atoms. The van der Waals surface area contributed by atoms with Gasteiger partial charge >= 0.3 is 0 Å². The molecule has 0 amide bonds. The van der Waals surface area contributed by atoms with Crippen molar-refractivity contribution in [2.45, 2.75) is 18.6 Å². The van der Waals surface area contributed by atoms with Crippen molar-refractivity contribution in [3.63, 3.8) is 0 Å². The van der Waals surface area contributed by atoms with Gasteiger partial charge in [0.05, 0.1) is 5.92 Å². The van der Waals surface area contributed by atoms with Crippen LogP contribution in [0.1, 0.15) is 6.42 Å². The zero-order valence-electron chi connectivity index (χ0n) is 4.01. The van der Waals surface area contributed by atoms with Gasteiger partial charge in [-0.15, -0.1) is 0 Å². The van der Waals surface area contributed by atoms with Crippen LogP contribution in [0.3, 0.4) is 0 Å². The molecule has 0 aromatic carbocycles. The first-order valence-electron chi connectivity index (χ1n) is 2.28. The van der Waals surface area contributed by atoms with Crippen LogP contribution in [0.5, 0.6) is 0 Å². The van der Waals surface area contributed by atoms with Gasteiger partial charge in [0.25, 0.3) is 5.92 Å². The van der Waals surface area contributed by atoms with Gasteiger partial charge in [-0.25, -0.2) is 8.78 Å². The molecule has 2 N–H and O–H groups in total. The van der Waals surface area contributed by atoms with E-state index in [9.17, 15) is 8.78 Å². The summed E-state index contributed by atoms with van der Waals surface area (Å²) in [4.78, 5) is 0. The minimum Gasteiger partial charge on any atom is -0.368 e. The maximum absolute atomic E-state index is 11.7. The van der Waals surface area contributed by atoms with Crippen molar-refractivity contribution in [1.29, 1.82) is 0 Å². The predicted molar refractivity (Wildman–Crippen MR) is 21.3 cm³/mol. The number of hydrogen-bond acceptors (Lipinski definition) is 2. The standard InChI is InChI=1S/C4H6F2O2/c5-4(6)1-2(4)3(7)8/h2-3,7-8H,1H2. The number of aliphatic hydroxyl groups excluding tert-OH is 1. The fourth-order valence-corrected chi connectivity index (χ4v) is 0.558. The smallest absolute Gasteiger partial charge is 0.256 e. The molecule has 1 aliphatic carbocycles. The van der Waals surface area contributed by atoms with Crippen LogP contribution in [0.4, 0.5) is 8.78 Å². The van der Waals surface area contributed by atoms with Gasteiger partial charge in [-0.1, -0.05) is 0 Å². The lowest BCUT2D eigenvalue weighted by atomic mass is 10.4. The molecular weight excluding hydrogens is 118 g/mol. The van der Waals surface area contributed by atoms with Gasteiger partial charge in [0, 0.05) is 6.42 Å². The highest BCUT2D eigenvalue weighted by Gasteiger charge is 2.60. The summed E-state index contributed by atoms with van der Waals surface area (Å²) in [5.41, 5.74) is 0. The van der Waals surface area contributed by atoms with Crippen LogP contribution in [0.15, 0.2) is 0 Å². The minimum absolute atomic E-state index is 0.384. The lowest BCUT2D eigenvalue weighted by Gasteiger charge is -1.97. The summed E-state index contributed by atoms with van der Waals surface area (Å²) in [7, 11) is 0. The van der Waals surface area contributed by atoms with E-state index in [-0.39, 0.29) is 6.42 Å². The van der Waals surface area contributed by atoms with Crippen LogP contribution >= 0.6 is 0 Å². The molecule has 0 aromatic heterocycles. The predicted octanol–water partition coefficient (Wildman–Crippen LogP) is -0.0477. The quantitative estimate of drug-likeness (QED) is 0.481. The average Bonchev–Trinajstić information content (AvgIpc) is 2.13. The highest BCUT2D eigenvalue weighted by molar-refractivity contribution is 4.95. The third-order valence-corrected chi connectivity index (χ3v) is 1.23. The summed E-state index contributed by atoms with van der Waals surface area (Å²) < 4.78 is 23.5. The fourth-order valence-electron chi connectivity index (χ4n) is 0.558. The second kappa shape index (κ2) is 1.39. The summed E-state index contributed by atoms with van der Waals surface area (Å²) in [5.74, 6) is -4.02. The first-order valence-corrected chi connectivity index (χ1v) is 2.28. The minimum atomic E-state index is -2.81. The lowest BCUT2D eigenvalue weighted by molar-refractivity contribution is -0.0828. The topological polar surface area (TPSA) is 40.5 Å². The Balaban J connectivity index is 2.37. The fraction of sp³-hybridized carbons (Fsp3) is 1.00. The average molecular weight is 124 g/mol. The molecule has 0 saturated heterocycles. The first-order chi connectivity index (χ1) is 3.54. The van der Waals surface area contributed by atoms with Gasteiger partial charge < -0.3 is 10.2 Å². The number of aliphatic hydroxyl groups is 2. The highest BCUT2D eigenvalue weighted by atomic mass is 19.3. The molecule has 0 aromatic rings. The third kappa shape index (κ3) is 0.809. The van der Waals surface area contributed by atoms with E-state index in [4.69, 9.17) is 10.2 Å². The SMILES string of the molecule is OC(O)C1CC1(F)F. The molecule has 0 aliphatic heterocycles. The first kappa shape index (κ1) is 5.91. The molecule has 8 heavy (non-hydrogen) atoms. The second-order valence-corrected chi connectivity index (χ2v) is 1.99. The normalized spacial score (nSPS) is 33.4. The Morgan fingerprint density at radius 2 is 1.88 bits per heavy atom. The highest BCUT2D eigenvalue weighted by Crippen LogP contribution is 2.49. The van der Waals surface area contributed by atoms with E-state index in [1.54, 1.807) is 0 Å². The summed E-state index contributed by atoms with van der Waals surface area (Å²) in [6.07, 6.45) is -2.23. The zero-order valence-corrected chi connectivity index (χ0v) is 4.01. The molecular formula is C4H6F2O2. The van der Waals surface area contributed by atoms with E-state index in [1.165, 1.54) is 0 Å². The van der Waals surface area contributed by atoms with Gasteiger partial charge in [-0.05, 0) is 0 Å². The summed E-state index contributed by atoms with van der Waals surface area (Å²) >= 11 is 0. The number of rotatable bonds is 1. The molecule has 48 valence electrons. The molecule has 1 aliphatic rings. The van der Waals surface area contributed by atoms with Gasteiger partial charge in [0.2, 0.25) is 0 Å². The summed E-state index contributed by atoms with van der Waals surface area (Å²) in [5, 5.41) is 16.2. The Morgan fingerprint density at radius 1 is 1.50 bits per heavy atom. The van der Waals surface area contributed by atoms with E-state index < -0.39 is 18.1 Å². The van der Waals surface area contributed by atoms with Gasteiger partial charge in [-0.2, -0.15) is 0 Å². The van der Waals surface area contributed by atoms with E-state index >= 15 is 0 Å². The van der Waals surface area contributed by atoms with Crippen molar-refractivity contribution in [3.05, 3.63) is 0 Å². The van der Waals surface area contributed by atoms with Crippen molar-refractivity contribution in [2.24, 2.45) is 5.92 Å². The zero-order chi connectivity index (χ0) is 6.36. The monoisotopic (exact) mass is 124 g/mol. The Bertz CT molecular complexity index is 102. The van der Waals surface area contributed by atoms with Crippen LogP contribution in [0.2, 0.25) is 0 Å². The Kier molecular flexibility index (Phi) is 1.02.